The lowest BCUT2D eigenvalue weighted by atomic mass is 10.2. The number of benzene rings is 1. The highest BCUT2D eigenvalue weighted by Crippen LogP contribution is 2.19. The molecule has 0 aliphatic carbocycles. The second kappa shape index (κ2) is 6.49. The van der Waals surface area contributed by atoms with Gasteiger partial charge in [-0.3, -0.25) is 4.79 Å². The molecule has 0 bridgehead atoms. The van der Waals surface area contributed by atoms with Gasteiger partial charge in [-0.15, -0.1) is 0 Å². The van der Waals surface area contributed by atoms with Crippen LogP contribution in [0.3, 0.4) is 0 Å². The molecule has 0 unspecified atom stereocenters. The van der Waals surface area contributed by atoms with E-state index >= 15 is 0 Å². The first-order chi connectivity index (χ1) is 10.7. The Kier molecular flexibility index (Phi) is 4.84. The zero-order valence-electron chi connectivity index (χ0n) is 12.6. The molecule has 1 atom stereocenters. The number of nitrogens with one attached hydrogen (secondary N) is 1. The van der Waals surface area contributed by atoms with Gasteiger partial charge in [0.2, 0.25) is 5.91 Å². The Bertz CT molecular complexity index is 817. The molecule has 0 radical (unpaired) electrons. The molecular weight excluding hydrogens is 326 g/mol. The molecule has 0 saturated heterocycles. The molecule has 124 valence electrons. The van der Waals surface area contributed by atoms with E-state index in [9.17, 15) is 22.0 Å². The van der Waals surface area contributed by atoms with Crippen LogP contribution in [0.1, 0.15) is 24.9 Å². The number of rotatable bonds is 5. The quantitative estimate of drug-likeness (QED) is 0.908. The van der Waals surface area contributed by atoms with Crippen LogP contribution in [0.5, 0.6) is 0 Å². The second-order valence-electron chi connectivity index (χ2n) is 5.24. The van der Waals surface area contributed by atoms with E-state index in [1.165, 1.54) is 6.92 Å². The summed E-state index contributed by atoms with van der Waals surface area (Å²) < 4.78 is 54.8. The summed E-state index contributed by atoms with van der Waals surface area (Å²) in [5.74, 6) is -2.77. The number of carbonyl (C=O) groups is 1. The molecule has 1 amide bonds. The lowest BCUT2D eigenvalue weighted by Crippen LogP contribution is -2.32. The fraction of sp³-hybridized carbons (Fsp3) is 0.267. The van der Waals surface area contributed by atoms with Gasteiger partial charge < -0.3 is 4.57 Å². The van der Waals surface area contributed by atoms with E-state index in [-0.39, 0.29) is 18.0 Å². The van der Waals surface area contributed by atoms with E-state index < -0.39 is 32.5 Å². The van der Waals surface area contributed by atoms with Crippen molar-refractivity contribution in [3.05, 3.63) is 53.9 Å². The minimum Gasteiger partial charge on any atom is -0.351 e. The van der Waals surface area contributed by atoms with Crippen LogP contribution in [0.25, 0.3) is 0 Å². The van der Waals surface area contributed by atoms with E-state index in [0.717, 1.165) is 6.07 Å². The van der Waals surface area contributed by atoms with Gasteiger partial charge in [0.25, 0.3) is 10.0 Å². The summed E-state index contributed by atoms with van der Waals surface area (Å²) >= 11 is 0. The van der Waals surface area contributed by atoms with Gasteiger partial charge >= 0.3 is 0 Å². The number of aromatic nitrogens is 1. The highest BCUT2D eigenvalue weighted by Gasteiger charge is 2.24. The molecule has 23 heavy (non-hydrogen) atoms. The van der Waals surface area contributed by atoms with Gasteiger partial charge in [-0.25, -0.2) is 21.9 Å². The van der Waals surface area contributed by atoms with Crippen molar-refractivity contribution >= 4 is 15.9 Å². The summed E-state index contributed by atoms with van der Waals surface area (Å²) in [4.78, 5) is 11.0. The number of hydrogen-bond donors (Lipinski definition) is 1. The Labute approximate surface area is 133 Å². The molecule has 8 heteroatoms. The predicted molar refractivity (Wildman–Crippen MR) is 80.2 cm³/mol. The highest BCUT2D eigenvalue weighted by molar-refractivity contribution is 7.90. The monoisotopic (exact) mass is 342 g/mol. The van der Waals surface area contributed by atoms with Crippen LogP contribution >= 0.6 is 0 Å². The lowest BCUT2D eigenvalue weighted by molar-refractivity contribution is -0.120. The van der Waals surface area contributed by atoms with Crippen LogP contribution in [-0.4, -0.2) is 18.9 Å². The van der Waals surface area contributed by atoms with Gasteiger partial charge in [-0.1, -0.05) is 0 Å². The van der Waals surface area contributed by atoms with Gasteiger partial charge in [0, 0.05) is 24.9 Å². The van der Waals surface area contributed by atoms with Crippen LogP contribution in [0.15, 0.2) is 41.6 Å². The minimum absolute atomic E-state index is 0.0194. The summed E-state index contributed by atoms with van der Waals surface area (Å²) in [5.41, 5.74) is -0.0194. The maximum Gasteiger partial charge on any atom is 0.267 e. The average molecular weight is 342 g/mol. The average Bonchev–Trinajstić information content (AvgIpc) is 2.96. The van der Waals surface area contributed by atoms with Gasteiger partial charge in [-0.2, -0.15) is 0 Å². The van der Waals surface area contributed by atoms with Gasteiger partial charge in [0.05, 0.1) is 0 Å². The number of amides is 1. The summed E-state index contributed by atoms with van der Waals surface area (Å²) in [6, 6.07) is 4.61. The number of hydrogen-bond acceptors (Lipinski definition) is 3. The Morgan fingerprint density at radius 3 is 2.43 bits per heavy atom. The molecule has 1 heterocycles. The maximum atomic E-state index is 13.8. The van der Waals surface area contributed by atoms with E-state index in [4.69, 9.17) is 0 Å². The van der Waals surface area contributed by atoms with E-state index in [1.807, 2.05) is 0 Å². The molecule has 0 saturated carbocycles. The number of aryl methyl sites for hydroxylation is 1. The van der Waals surface area contributed by atoms with Crippen molar-refractivity contribution in [3.63, 3.8) is 0 Å². The molecule has 2 aromatic rings. The molecule has 1 aromatic heterocycles. The third-order valence-corrected chi connectivity index (χ3v) is 4.76. The Morgan fingerprint density at radius 2 is 1.83 bits per heavy atom. The topological polar surface area (TPSA) is 68.2 Å². The lowest BCUT2D eigenvalue weighted by Gasteiger charge is -2.14. The van der Waals surface area contributed by atoms with Crippen molar-refractivity contribution in [3.8, 4) is 0 Å². The fourth-order valence-electron chi connectivity index (χ4n) is 2.10. The molecule has 0 aliphatic rings. The Hall–Kier alpha value is -2.22. The van der Waals surface area contributed by atoms with Crippen molar-refractivity contribution in [1.82, 2.24) is 9.29 Å². The van der Waals surface area contributed by atoms with Crippen LogP contribution < -0.4 is 4.72 Å². The van der Waals surface area contributed by atoms with Gasteiger partial charge in [-0.05, 0) is 43.7 Å². The van der Waals surface area contributed by atoms with E-state index in [0.29, 0.717) is 6.07 Å². The smallest absolute Gasteiger partial charge is 0.267 e. The third-order valence-electron chi connectivity index (χ3n) is 3.37. The van der Waals surface area contributed by atoms with Crippen molar-refractivity contribution in [2.24, 2.45) is 0 Å². The maximum absolute atomic E-state index is 13.8. The van der Waals surface area contributed by atoms with Crippen LogP contribution in [0, 0.1) is 18.6 Å². The number of halogens is 2. The van der Waals surface area contributed by atoms with Crippen molar-refractivity contribution in [1.29, 1.82) is 0 Å². The molecule has 5 nitrogen and oxygen atoms in total. The summed E-state index contributed by atoms with van der Waals surface area (Å²) in [6.45, 7) is 3.05. The van der Waals surface area contributed by atoms with Crippen molar-refractivity contribution in [2.75, 3.05) is 0 Å². The fourth-order valence-corrected chi connectivity index (χ4v) is 3.16. The van der Waals surface area contributed by atoms with Crippen LogP contribution in [0.4, 0.5) is 8.78 Å². The molecular formula is C15H16F2N2O3S. The molecule has 1 aromatic carbocycles. The van der Waals surface area contributed by atoms with Crippen molar-refractivity contribution in [2.45, 2.75) is 31.2 Å². The summed E-state index contributed by atoms with van der Waals surface area (Å²) in [6.07, 6.45) is 3.35. The van der Waals surface area contributed by atoms with Gasteiger partial charge in [0.1, 0.15) is 16.5 Å². The zero-order chi connectivity index (χ0) is 17.2. The van der Waals surface area contributed by atoms with Crippen LogP contribution in [-0.2, 0) is 14.8 Å². The Morgan fingerprint density at radius 1 is 1.22 bits per heavy atom. The van der Waals surface area contributed by atoms with Gasteiger partial charge in [0.15, 0.2) is 0 Å². The minimum atomic E-state index is -4.47. The number of sulfonamides is 1. The molecule has 1 N–H and O–H groups in total. The predicted octanol–water partition coefficient (Wildman–Crippen LogP) is 2.53. The first-order valence-corrected chi connectivity index (χ1v) is 8.33. The SMILES string of the molecule is Cc1cc(F)c(S(=O)(=O)NC(=O)C[C@H](C)n2cccc2)cc1F. The first-order valence-electron chi connectivity index (χ1n) is 6.84. The molecule has 2 rings (SSSR count). The van der Waals surface area contributed by atoms with E-state index in [2.05, 4.69) is 0 Å². The van der Waals surface area contributed by atoms with Crippen molar-refractivity contribution < 1.29 is 22.0 Å². The standard InChI is InChI=1S/C15H16F2N2O3S/c1-10-7-13(17)14(9-12(10)16)23(21,22)18-15(20)8-11(2)19-5-3-4-6-19/h3-7,9,11H,8H2,1-2H3,(H,18,20)/t11-/m0/s1. The number of carbonyl (C=O) groups excluding carboxylic acids is 1. The summed E-state index contributed by atoms with van der Waals surface area (Å²) in [5, 5.41) is 0. The number of nitrogens with zero attached hydrogens (tertiary/aromatic N) is 1. The highest BCUT2D eigenvalue weighted by atomic mass is 32.2. The normalized spacial score (nSPS) is 12.9. The zero-order valence-corrected chi connectivity index (χ0v) is 13.4. The van der Waals surface area contributed by atoms with Crippen LogP contribution in [0.2, 0.25) is 0 Å². The first kappa shape index (κ1) is 17.1. The second-order valence-corrected chi connectivity index (χ2v) is 6.89. The summed E-state index contributed by atoms with van der Waals surface area (Å²) in [7, 11) is -4.47. The van der Waals surface area contributed by atoms with E-state index in [1.54, 1.807) is 40.7 Å². The molecule has 0 aliphatic heterocycles. The molecule has 0 spiro atoms. The Balaban J connectivity index is 2.15. The third kappa shape index (κ3) is 3.95. The molecule has 0 fully saturated rings. The largest absolute Gasteiger partial charge is 0.351 e.